The molecule has 0 spiro atoms. The Labute approximate surface area is 438 Å². The van der Waals surface area contributed by atoms with Gasteiger partial charge in [-0.25, -0.2) is 0 Å². The fourth-order valence-electron chi connectivity index (χ4n) is 8.98. The number of hydrogen-bond donors (Lipinski definition) is 1. The molecule has 3 aromatic rings. The number of nitriles is 3. The monoisotopic (exact) mass is 1010 g/mol. The first-order valence-electron chi connectivity index (χ1n) is 24.2. The summed E-state index contributed by atoms with van der Waals surface area (Å²) in [5, 5.41) is 36.5. The molecular weight excluding hydrogens is 946 g/mol. The molecule has 0 amide bonds. The number of para-hydroxylation sites is 1. The van der Waals surface area contributed by atoms with E-state index in [0.717, 1.165) is 55.4 Å². The Morgan fingerprint density at radius 3 is 2.05 bits per heavy atom. The first-order valence-corrected chi connectivity index (χ1v) is 27.7. The van der Waals surface area contributed by atoms with E-state index >= 15 is 0 Å². The van der Waals surface area contributed by atoms with Crippen molar-refractivity contribution in [1.29, 1.82) is 15.8 Å². The Balaban J connectivity index is 0.000000936. The molecule has 1 aliphatic carbocycles. The zero-order valence-electron chi connectivity index (χ0n) is 43.7. The van der Waals surface area contributed by atoms with Crippen LogP contribution in [0.2, 0.25) is 19.6 Å². The van der Waals surface area contributed by atoms with E-state index < -0.39 is 13.7 Å². The Morgan fingerprint density at radius 2 is 1.48 bits per heavy atom. The maximum Gasteiger partial charge on any atom is 0.172 e. The van der Waals surface area contributed by atoms with E-state index in [2.05, 4.69) is 139 Å². The predicted molar refractivity (Wildman–Crippen MR) is 298 cm³/mol. The van der Waals surface area contributed by atoms with Crippen LogP contribution in [-0.2, 0) is 21.4 Å². The van der Waals surface area contributed by atoms with Gasteiger partial charge in [-0.15, -0.1) is 18.0 Å². The molecule has 0 radical (unpaired) electrons. The highest BCUT2D eigenvalue weighted by Gasteiger charge is 2.41. The Hall–Kier alpha value is -7.67. The fraction of sp³-hybridized carbons (Fsp3) is 0.379. The number of ketones is 1. The maximum atomic E-state index is 12.9. The minimum Gasteiger partial charge on any atom is -0.480 e. The van der Waals surface area contributed by atoms with Crippen LogP contribution in [-0.4, -0.2) is 26.0 Å². The van der Waals surface area contributed by atoms with Gasteiger partial charge in [0.05, 0.1) is 0 Å². The first-order chi connectivity index (χ1) is 34.1. The fourth-order valence-corrected chi connectivity index (χ4v) is 9.48. The summed E-state index contributed by atoms with van der Waals surface area (Å²) in [5.74, 6) is 4.23. The predicted octanol–water partition coefficient (Wildman–Crippen LogP) is 15.7. The SMILES string of the molecule is CC1(C)OC(=C(C#N)C#N)C(C#N)=C1/C=C/C1=C(C#C[Si](C)(C)C)C(=C/C=C2/N(CCCCCC(=O)Cc3ccc(N=[N+]=[N-])cc3)c3ccccc3C2(C)C)/CC(C(C)(C)C)C1.Cl.[N-]=[N+]=Nc1ccc(N)cc1. The zero-order valence-corrected chi connectivity index (χ0v) is 45.6. The molecule has 2 aliphatic heterocycles. The van der Waals surface area contributed by atoms with E-state index in [-0.39, 0.29) is 45.9 Å². The lowest BCUT2D eigenvalue weighted by molar-refractivity contribution is -0.118. The zero-order chi connectivity index (χ0) is 52.9. The van der Waals surface area contributed by atoms with E-state index in [1.165, 1.54) is 22.5 Å². The van der Waals surface area contributed by atoms with Crippen LogP contribution in [0.5, 0.6) is 0 Å². The number of carbonyl (C=O) groups excluding carboxylic acids is 1. The third-order valence-corrected chi connectivity index (χ3v) is 13.9. The summed E-state index contributed by atoms with van der Waals surface area (Å²) in [4.78, 5) is 20.8. The van der Waals surface area contributed by atoms with Crippen LogP contribution in [0.4, 0.5) is 22.7 Å². The molecule has 3 aromatic carbocycles. The van der Waals surface area contributed by atoms with Crippen molar-refractivity contribution in [3.05, 3.63) is 174 Å². The minimum absolute atomic E-state index is 0. The second-order valence-corrected chi connectivity index (χ2v) is 26.1. The standard InChI is InChI=1S/C52H59N7O2Si.C6H6N4.ClH/c1-50(2,3)40-31-37(21-25-45-44(35-55)49(39(33-53)34-54)61-52(45,6)7)43(27-29-62(8,9)10)38(32-40)22-26-48-51(4,5)46-17-13-14-18-47(46)59(48)28-15-11-12-16-42(60)30-36-19-23-41(24-20-36)57-58-56;7-5-1-3-6(4-2-5)9-10-8;/h13-14,17-26,40H,11-12,15-16,28,30-32H2,1-10H3;1-4H,7H2;1H/b25-21+,38-22+,48-26+;;. The molecule has 0 aromatic heterocycles. The molecule has 0 bridgehead atoms. The van der Waals surface area contributed by atoms with Crippen molar-refractivity contribution in [3.8, 4) is 29.7 Å². The van der Waals surface area contributed by atoms with Crippen LogP contribution in [0.15, 0.2) is 152 Å². The number of unbranched alkanes of at least 4 members (excludes halogenated alkanes) is 2. The molecule has 13 nitrogen and oxygen atoms in total. The summed E-state index contributed by atoms with van der Waals surface area (Å²) < 4.78 is 6.10. The van der Waals surface area contributed by atoms with Crippen LogP contribution in [0, 0.1) is 56.8 Å². The van der Waals surface area contributed by atoms with Crippen LogP contribution >= 0.6 is 12.4 Å². The van der Waals surface area contributed by atoms with E-state index in [9.17, 15) is 20.6 Å². The number of Topliss-reactive ketones (excluding diaryl/α,β-unsaturated/α-hetero) is 1. The summed E-state index contributed by atoms with van der Waals surface area (Å²) in [7, 11) is -1.80. The summed E-state index contributed by atoms with van der Waals surface area (Å²) in [6, 6.07) is 28.5. The number of benzene rings is 3. The lowest BCUT2D eigenvalue weighted by Gasteiger charge is -2.36. The highest BCUT2D eigenvalue weighted by Crippen LogP contribution is 2.49. The van der Waals surface area contributed by atoms with Gasteiger partial charge < -0.3 is 15.4 Å². The molecule has 2 N–H and O–H groups in total. The molecule has 3 aliphatic rings. The van der Waals surface area contributed by atoms with Crippen LogP contribution < -0.4 is 10.6 Å². The average molecular weight is 1010 g/mol. The molecule has 73 heavy (non-hydrogen) atoms. The second-order valence-electron chi connectivity index (χ2n) is 21.3. The molecule has 1 atom stereocenters. The maximum absolute atomic E-state index is 12.9. The summed E-state index contributed by atoms with van der Waals surface area (Å²) in [6.45, 7) is 22.7. The number of anilines is 2. The quantitative estimate of drug-likeness (QED) is 0.0254. The van der Waals surface area contributed by atoms with Crippen molar-refractivity contribution in [2.45, 2.75) is 124 Å². The first kappa shape index (κ1) is 57.9. The lowest BCUT2D eigenvalue weighted by Crippen LogP contribution is -2.27. The number of nitrogen functional groups attached to an aromatic ring is 1. The number of nitrogens with zero attached hydrogens (tertiary/aromatic N) is 10. The molecule has 0 saturated carbocycles. The van der Waals surface area contributed by atoms with E-state index in [4.69, 9.17) is 21.5 Å². The smallest absolute Gasteiger partial charge is 0.172 e. The highest BCUT2D eigenvalue weighted by atomic mass is 35.5. The average Bonchev–Trinajstić information content (AvgIpc) is 3.71. The lowest BCUT2D eigenvalue weighted by atomic mass is 9.68. The second kappa shape index (κ2) is 25.1. The van der Waals surface area contributed by atoms with Crippen molar-refractivity contribution in [3.63, 3.8) is 0 Å². The van der Waals surface area contributed by atoms with Gasteiger partial charge in [0.15, 0.2) is 11.3 Å². The van der Waals surface area contributed by atoms with Gasteiger partial charge >= 0.3 is 0 Å². The number of hydrogen-bond acceptors (Lipinski definition) is 9. The molecule has 376 valence electrons. The van der Waals surface area contributed by atoms with E-state index in [0.29, 0.717) is 41.4 Å². The number of allylic oxidation sites excluding steroid dienone is 9. The van der Waals surface area contributed by atoms with E-state index in [1.54, 1.807) is 36.4 Å². The number of halogens is 1. The Kier molecular flexibility index (Phi) is 19.9. The highest BCUT2D eigenvalue weighted by molar-refractivity contribution is 6.83. The Morgan fingerprint density at radius 1 is 0.863 bits per heavy atom. The van der Waals surface area contributed by atoms with Gasteiger partial charge in [0.1, 0.15) is 43.2 Å². The number of rotatable bonds is 13. The van der Waals surface area contributed by atoms with Gasteiger partial charge in [0, 0.05) is 74.2 Å². The summed E-state index contributed by atoms with van der Waals surface area (Å²) in [6.07, 6.45) is 13.8. The third-order valence-electron chi connectivity index (χ3n) is 13.0. The number of nitrogens with two attached hydrogens (primary N) is 1. The van der Waals surface area contributed by atoms with Gasteiger partial charge in [-0.3, -0.25) is 4.79 Å². The van der Waals surface area contributed by atoms with Crippen LogP contribution in [0.3, 0.4) is 0 Å². The van der Waals surface area contributed by atoms with Crippen molar-refractivity contribution in [2.75, 3.05) is 17.2 Å². The Bertz CT molecular complexity index is 3030. The van der Waals surface area contributed by atoms with E-state index in [1.807, 2.05) is 44.2 Å². The summed E-state index contributed by atoms with van der Waals surface area (Å²) >= 11 is 0. The van der Waals surface area contributed by atoms with Gasteiger partial charge in [0.25, 0.3) is 0 Å². The van der Waals surface area contributed by atoms with Crippen molar-refractivity contribution < 1.29 is 9.53 Å². The van der Waals surface area contributed by atoms with Gasteiger partial charge in [-0.2, -0.15) is 15.8 Å². The number of carbonyl (C=O) groups is 1. The van der Waals surface area contributed by atoms with Crippen LogP contribution in [0.1, 0.15) is 98.1 Å². The van der Waals surface area contributed by atoms with Gasteiger partial charge in [-0.05, 0) is 108 Å². The third kappa shape index (κ3) is 15.2. The van der Waals surface area contributed by atoms with Gasteiger partial charge in [0.2, 0.25) is 0 Å². The largest absolute Gasteiger partial charge is 0.480 e. The molecule has 0 saturated heterocycles. The molecular formula is C58H66ClN11O2Si. The normalized spacial score (nSPS) is 17.5. The van der Waals surface area contributed by atoms with Crippen LogP contribution in [0.25, 0.3) is 20.9 Å². The number of ether oxygens (including phenoxy) is 1. The van der Waals surface area contributed by atoms with Crippen molar-refractivity contribution in [2.24, 2.45) is 21.6 Å². The molecule has 2 heterocycles. The summed E-state index contributed by atoms with van der Waals surface area (Å²) in [5.41, 5.74) is 34.9. The molecule has 0 fully saturated rings. The van der Waals surface area contributed by atoms with Crippen molar-refractivity contribution in [1.82, 2.24) is 0 Å². The molecule has 1 unspecified atom stereocenters. The molecule has 15 heteroatoms. The topological polar surface area (TPSA) is 224 Å². The number of fused-ring (bicyclic) bond motifs is 1. The molecule has 6 rings (SSSR count). The minimum atomic E-state index is -1.80. The number of azide groups is 2. The van der Waals surface area contributed by atoms with Gasteiger partial charge in [-0.1, -0.05) is 150 Å². The van der Waals surface area contributed by atoms with Crippen molar-refractivity contribution >= 4 is 49.0 Å².